The van der Waals surface area contributed by atoms with Crippen molar-refractivity contribution in [1.82, 2.24) is 9.88 Å². The van der Waals surface area contributed by atoms with Crippen molar-refractivity contribution in [3.63, 3.8) is 0 Å². The molecule has 0 radical (unpaired) electrons. The third kappa shape index (κ3) is 3.31. The zero-order valence-corrected chi connectivity index (χ0v) is 12.5. The van der Waals surface area contributed by atoms with Crippen LogP contribution in [-0.4, -0.2) is 39.6 Å². The molecule has 0 unspecified atom stereocenters. The third-order valence-electron chi connectivity index (χ3n) is 3.93. The summed E-state index contributed by atoms with van der Waals surface area (Å²) in [6.07, 6.45) is 4.81. The van der Waals surface area contributed by atoms with Crippen LogP contribution in [0.3, 0.4) is 0 Å². The SMILES string of the molecule is O=C(Cc1ccsc1)N1CC[C@@H](O)[C@@H]1Cc1cccnc1. The summed E-state index contributed by atoms with van der Waals surface area (Å²) in [6, 6.07) is 5.71. The zero-order chi connectivity index (χ0) is 14.7. The maximum atomic E-state index is 12.5. The fourth-order valence-electron chi connectivity index (χ4n) is 2.82. The van der Waals surface area contributed by atoms with E-state index in [-0.39, 0.29) is 11.9 Å². The van der Waals surface area contributed by atoms with E-state index in [1.54, 1.807) is 23.7 Å². The minimum Gasteiger partial charge on any atom is -0.391 e. The molecule has 1 N–H and O–H groups in total. The summed E-state index contributed by atoms with van der Waals surface area (Å²) in [5, 5.41) is 14.2. The topological polar surface area (TPSA) is 53.4 Å². The second kappa shape index (κ2) is 6.37. The number of nitrogens with zero attached hydrogens (tertiary/aromatic N) is 2. The smallest absolute Gasteiger partial charge is 0.227 e. The average molecular weight is 302 g/mol. The Bertz CT molecular complexity index is 586. The number of amides is 1. The molecule has 1 aliphatic heterocycles. The van der Waals surface area contributed by atoms with Gasteiger partial charge in [-0.15, -0.1) is 0 Å². The first-order chi connectivity index (χ1) is 10.2. The number of pyridine rings is 1. The van der Waals surface area contributed by atoms with E-state index in [1.807, 2.05) is 33.9 Å². The summed E-state index contributed by atoms with van der Waals surface area (Å²) in [6.45, 7) is 0.634. The van der Waals surface area contributed by atoms with Gasteiger partial charge in [-0.3, -0.25) is 9.78 Å². The molecule has 2 aromatic rings. The Kier molecular flexibility index (Phi) is 4.31. The Morgan fingerprint density at radius 3 is 3.05 bits per heavy atom. The number of aromatic nitrogens is 1. The van der Waals surface area contributed by atoms with E-state index in [9.17, 15) is 9.90 Å². The van der Waals surface area contributed by atoms with Crippen molar-refractivity contribution in [3.05, 3.63) is 52.5 Å². The quantitative estimate of drug-likeness (QED) is 0.938. The molecule has 0 bridgehead atoms. The number of likely N-dealkylation sites (tertiary alicyclic amines) is 1. The molecule has 21 heavy (non-hydrogen) atoms. The van der Waals surface area contributed by atoms with Gasteiger partial charge in [0.2, 0.25) is 5.91 Å². The molecule has 0 aliphatic carbocycles. The summed E-state index contributed by atoms with van der Waals surface area (Å²) in [7, 11) is 0. The number of carbonyl (C=O) groups is 1. The summed E-state index contributed by atoms with van der Waals surface area (Å²) in [5.74, 6) is 0.0961. The highest BCUT2D eigenvalue weighted by molar-refractivity contribution is 7.07. The van der Waals surface area contributed by atoms with Crippen LogP contribution in [0.4, 0.5) is 0 Å². The van der Waals surface area contributed by atoms with Crippen LogP contribution in [0.15, 0.2) is 41.4 Å². The van der Waals surface area contributed by atoms with Crippen LogP contribution in [0.1, 0.15) is 17.5 Å². The van der Waals surface area contributed by atoms with Gasteiger partial charge in [0.25, 0.3) is 0 Å². The lowest BCUT2D eigenvalue weighted by Gasteiger charge is -2.26. The van der Waals surface area contributed by atoms with E-state index in [0.717, 1.165) is 11.1 Å². The van der Waals surface area contributed by atoms with Crippen LogP contribution in [0.2, 0.25) is 0 Å². The minimum absolute atomic E-state index is 0.0961. The average Bonchev–Trinajstić information content (AvgIpc) is 3.11. The third-order valence-corrected chi connectivity index (χ3v) is 4.67. The van der Waals surface area contributed by atoms with Crippen molar-refractivity contribution >= 4 is 17.2 Å². The van der Waals surface area contributed by atoms with Gasteiger partial charge in [-0.1, -0.05) is 6.07 Å². The van der Waals surface area contributed by atoms with Crippen LogP contribution in [0.25, 0.3) is 0 Å². The van der Waals surface area contributed by atoms with E-state index < -0.39 is 6.10 Å². The van der Waals surface area contributed by atoms with Gasteiger partial charge in [0, 0.05) is 18.9 Å². The molecule has 0 aromatic carbocycles. The van der Waals surface area contributed by atoms with Crippen LogP contribution < -0.4 is 0 Å². The standard InChI is InChI=1S/C16H18N2O2S/c19-15-3-6-18(16(20)9-13-4-7-21-11-13)14(15)8-12-2-1-5-17-10-12/h1-2,4-5,7,10-11,14-15,19H,3,6,8-9H2/t14-,15+/m0/s1. The molecule has 2 atom stereocenters. The number of carbonyl (C=O) groups excluding carboxylic acids is 1. The lowest BCUT2D eigenvalue weighted by Crippen LogP contribution is -2.41. The van der Waals surface area contributed by atoms with Gasteiger partial charge < -0.3 is 10.0 Å². The van der Waals surface area contributed by atoms with Crippen molar-refractivity contribution in [2.75, 3.05) is 6.54 Å². The predicted octanol–water partition coefficient (Wildman–Crippen LogP) is 1.89. The Hall–Kier alpha value is -1.72. The van der Waals surface area contributed by atoms with Gasteiger partial charge in [-0.05, 0) is 46.9 Å². The first kappa shape index (κ1) is 14.2. The van der Waals surface area contributed by atoms with E-state index >= 15 is 0 Å². The predicted molar refractivity (Wildman–Crippen MR) is 82.1 cm³/mol. The Balaban J connectivity index is 1.70. The highest BCUT2D eigenvalue weighted by Crippen LogP contribution is 2.23. The van der Waals surface area contributed by atoms with Crippen LogP contribution in [-0.2, 0) is 17.6 Å². The molecule has 0 spiro atoms. The fourth-order valence-corrected chi connectivity index (χ4v) is 3.49. The van der Waals surface area contributed by atoms with Crippen molar-refractivity contribution in [2.45, 2.75) is 31.4 Å². The van der Waals surface area contributed by atoms with E-state index in [0.29, 0.717) is 25.8 Å². The first-order valence-corrected chi connectivity index (χ1v) is 8.06. The summed E-state index contributed by atoms with van der Waals surface area (Å²) in [5.41, 5.74) is 2.10. The minimum atomic E-state index is -0.448. The summed E-state index contributed by atoms with van der Waals surface area (Å²) < 4.78 is 0. The maximum absolute atomic E-state index is 12.5. The van der Waals surface area contributed by atoms with Gasteiger partial charge >= 0.3 is 0 Å². The van der Waals surface area contributed by atoms with Crippen molar-refractivity contribution in [3.8, 4) is 0 Å². The van der Waals surface area contributed by atoms with E-state index in [2.05, 4.69) is 4.98 Å². The number of aliphatic hydroxyl groups excluding tert-OH is 1. The van der Waals surface area contributed by atoms with Crippen LogP contribution in [0, 0.1) is 0 Å². The molecule has 3 rings (SSSR count). The lowest BCUT2D eigenvalue weighted by atomic mass is 10.0. The number of aliphatic hydroxyl groups is 1. The second-order valence-electron chi connectivity index (χ2n) is 5.38. The molecule has 1 amide bonds. The lowest BCUT2D eigenvalue weighted by molar-refractivity contribution is -0.132. The molecule has 110 valence electrons. The molecule has 5 heteroatoms. The van der Waals surface area contributed by atoms with Gasteiger partial charge in [-0.25, -0.2) is 0 Å². The highest BCUT2D eigenvalue weighted by Gasteiger charge is 2.35. The van der Waals surface area contributed by atoms with Crippen molar-refractivity contribution in [1.29, 1.82) is 0 Å². The normalized spacial score (nSPS) is 21.7. The zero-order valence-electron chi connectivity index (χ0n) is 11.7. The fraction of sp³-hybridized carbons (Fsp3) is 0.375. The van der Waals surface area contributed by atoms with Crippen LogP contribution in [0.5, 0.6) is 0 Å². The van der Waals surface area contributed by atoms with Gasteiger partial charge in [-0.2, -0.15) is 11.3 Å². The molecular formula is C16H18N2O2S. The highest BCUT2D eigenvalue weighted by atomic mass is 32.1. The van der Waals surface area contributed by atoms with E-state index in [4.69, 9.17) is 0 Å². The number of hydrogen-bond donors (Lipinski definition) is 1. The Morgan fingerprint density at radius 1 is 1.43 bits per heavy atom. The summed E-state index contributed by atoms with van der Waals surface area (Å²) >= 11 is 1.60. The molecular weight excluding hydrogens is 284 g/mol. The largest absolute Gasteiger partial charge is 0.391 e. The van der Waals surface area contributed by atoms with Gasteiger partial charge in [0.15, 0.2) is 0 Å². The molecule has 1 fully saturated rings. The monoisotopic (exact) mass is 302 g/mol. The Labute approximate surface area is 128 Å². The molecule has 0 saturated carbocycles. The molecule has 4 nitrogen and oxygen atoms in total. The van der Waals surface area contributed by atoms with Crippen molar-refractivity contribution in [2.24, 2.45) is 0 Å². The molecule has 1 aliphatic rings. The first-order valence-electron chi connectivity index (χ1n) is 7.11. The molecule has 2 aromatic heterocycles. The second-order valence-corrected chi connectivity index (χ2v) is 6.16. The van der Waals surface area contributed by atoms with Crippen molar-refractivity contribution < 1.29 is 9.90 Å². The van der Waals surface area contributed by atoms with Gasteiger partial charge in [0.05, 0.1) is 18.6 Å². The molecule has 1 saturated heterocycles. The number of thiophene rings is 1. The number of hydrogen-bond acceptors (Lipinski definition) is 4. The maximum Gasteiger partial charge on any atom is 0.227 e. The van der Waals surface area contributed by atoms with Gasteiger partial charge in [0.1, 0.15) is 0 Å². The summed E-state index contributed by atoms with van der Waals surface area (Å²) in [4.78, 5) is 18.4. The van der Waals surface area contributed by atoms with Crippen LogP contribution >= 0.6 is 11.3 Å². The number of rotatable bonds is 4. The Morgan fingerprint density at radius 2 is 2.33 bits per heavy atom. The molecule has 3 heterocycles. The van der Waals surface area contributed by atoms with E-state index in [1.165, 1.54) is 0 Å².